The number of rotatable bonds is 6. The molecule has 0 aliphatic carbocycles. The molecule has 0 saturated heterocycles. The van der Waals surface area contributed by atoms with E-state index in [-0.39, 0.29) is 18.0 Å². The molecule has 0 spiro atoms. The average molecular weight is 463 g/mol. The number of anilines is 1. The second-order valence-corrected chi connectivity index (χ2v) is 8.42. The summed E-state index contributed by atoms with van der Waals surface area (Å²) in [5, 5.41) is 8.00. The molecule has 0 atom stereocenters. The van der Waals surface area contributed by atoms with E-state index in [4.69, 9.17) is 5.10 Å². The van der Waals surface area contributed by atoms with E-state index < -0.39 is 0 Å². The smallest absolute Gasteiger partial charge is 0.275 e. The highest BCUT2D eigenvalue weighted by Crippen LogP contribution is 2.30. The minimum Gasteiger partial charge on any atom is -0.311 e. The summed E-state index contributed by atoms with van der Waals surface area (Å²) in [5.41, 5.74) is 3.30. The monoisotopic (exact) mass is 462 g/mol. The lowest BCUT2D eigenvalue weighted by Gasteiger charge is -2.22. The van der Waals surface area contributed by atoms with Gasteiger partial charge in [-0.1, -0.05) is 55.5 Å². The third-order valence-corrected chi connectivity index (χ3v) is 6.36. The maximum Gasteiger partial charge on any atom is 0.275 e. The number of carbonyl (C=O) groups excluding carboxylic acids is 1. The molecule has 35 heavy (non-hydrogen) atoms. The van der Waals surface area contributed by atoms with Gasteiger partial charge in [-0.15, -0.1) is 0 Å². The first-order valence-corrected chi connectivity index (χ1v) is 11.8. The molecule has 6 heteroatoms. The van der Waals surface area contributed by atoms with Gasteiger partial charge in [0.05, 0.1) is 11.1 Å². The van der Waals surface area contributed by atoms with Crippen molar-refractivity contribution in [3.05, 3.63) is 101 Å². The molecule has 0 N–H and O–H groups in total. The van der Waals surface area contributed by atoms with E-state index >= 15 is 0 Å². The van der Waals surface area contributed by atoms with Crippen LogP contribution < -0.4 is 10.5 Å². The van der Waals surface area contributed by atoms with E-state index in [9.17, 15) is 9.59 Å². The van der Waals surface area contributed by atoms with E-state index in [1.54, 1.807) is 17.2 Å². The molecule has 0 aliphatic heterocycles. The van der Waals surface area contributed by atoms with Crippen molar-refractivity contribution in [3.8, 4) is 11.3 Å². The predicted octanol–water partition coefficient (Wildman–Crippen LogP) is 5.23. The van der Waals surface area contributed by atoms with Crippen LogP contribution in [0.2, 0.25) is 0 Å². The van der Waals surface area contributed by atoms with Crippen LogP contribution in [-0.2, 0) is 17.8 Å². The van der Waals surface area contributed by atoms with E-state index in [0.717, 1.165) is 33.8 Å². The zero-order valence-electron chi connectivity index (χ0n) is 19.8. The van der Waals surface area contributed by atoms with Crippen LogP contribution in [0.3, 0.4) is 0 Å². The van der Waals surface area contributed by atoms with Crippen LogP contribution in [0.5, 0.6) is 0 Å². The second-order valence-electron chi connectivity index (χ2n) is 8.42. The highest BCUT2D eigenvalue weighted by atomic mass is 16.2. The van der Waals surface area contributed by atoms with Crippen LogP contribution in [0.4, 0.5) is 5.69 Å². The predicted molar refractivity (Wildman–Crippen MR) is 141 cm³/mol. The van der Waals surface area contributed by atoms with Gasteiger partial charge in [-0.25, -0.2) is 4.68 Å². The Morgan fingerprint density at radius 3 is 2.40 bits per heavy atom. The molecule has 0 unspecified atom stereocenters. The molecular formula is C29H26N4O2. The van der Waals surface area contributed by atoms with Crippen molar-refractivity contribution in [2.45, 2.75) is 26.8 Å². The van der Waals surface area contributed by atoms with E-state index in [1.807, 2.05) is 79.9 Å². The lowest BCUT2D eigenvalue weighted by atomic mass is 10.00. The Bertz CT molecular complexity index is 1580. The molecule has 6 nitrogen and oxygen atoms in total. The molecule has 0 bridgehead atoms. The summed E-state index contributed by atoms with van der Waals surface area (Å²) in [5.74, 6) is -0.185. The van der Waals surface area contributed by atoms with Crippen LogP contribution in [0, 0.1) is 0 Å². The molecule has 174 valence electrons. The van der Waals surface area contributed by atoms with Gasteiger partial charge in [0.1, 0.15) is 6.54 Å². The number of aromatic nitrogens is 3. The Balaban J connectivity index is 1.61. The Kier molecular flexibility index (Phi) is 6.10. The van der Waals surface area contributed by atoms with Crippen molar-refractivity contribution in [1.82, 2.24) is 14.8 Å². The summed E-state index contributed by atoms with van der Waals surface area (Å²) in [6.45, 7) is 4.37. The number of benzene rings is 3. The fourth-order valence-electron chi connectivity index (χ4n) is 4.50. The molecule has 0 fully saturated rings. The van der Waals surface area contributed by atoms with E-state index in [1.165, 1.54) is 10.2 Å². The van der Waals surface area contributed by atoms with Gasteiger partial charge < -0.3 is 4.90 Å². The summed E-state index contributed by atoms with van der Waals surface area (Å²) in [7, 11) is 0. The fourth-order valence-corrected chi connectivity index (χ4v) is 4.50. The van der Waals surface area contributed by atoms with Crippen molar-refractivity contribution >= 4 is 33.1 Å². The molecule has 0 aliphatic rings. The topological polar surface area (TPSA) is 68.1 Å². The first kappa shape index (κ1) is 22.5. The summed E-state index contributed by atoms with van der Waals surface area (Å²) in [6.07, 6.45) is 4.49. The maximum absolute atomic E-state index is 13.4. The van der Waals surface area contributed by atoms with E-state index in [0.29, 0.717) is 17.6 Å². The van der Waals surface area contributed by atoms with Crippen LogP contribution in [0.25, 0.3) is 32.8 Å². The number of fused-ring (bicyclic) bond motifs is 2. The van der Waals surface area contributed by atoms with Gasteiger partial charge in [0, 0.05) is 41.0 Å². The van der Waals surface area contributed by atoms with Gasteiger partial charge in [-0.05, 0) is 48.6 Å². The number of hydrogen-bond acceptors (Lipinski definition) is 4. The van der Waals surface area contributed by atoms with Crippen LogP contribution in [0.15, 0.2) is 90.0 Å². The van der Waals surface area contributed by atoms with Gasteiger partial charge in [-0.3, -0.25) is 14.6 Å². The van der Waals surface area contributed by atoms with Gasteiger partial charge in [0.15, 0.2) is 0 Å². The Morgan fingerprint density at radius 2 is 1.66 bits per heavy atom. The fraction of sp³-hybridized carbons (Fsp3) is 0.172. The third kappa shape index (κ3) is 4.19. The largest absolute Gasteiger partial charge is 0.311 e. The SMILES string of the molecule is CCc1ccc(N(CC)C(=O)Cn2nc(-c3cccc4cnccc34)c3ccccc3c2=O)cc1. The van der Waals surface area contributed by atoms with Gasteiger partial charge in [0.25, 0.3) is 5.56 Å². The Labute approximate surface area is 203 Å². The molecule has 0 saturated carbocycles. The van der Waals surface area contributed by atoms with Crippen molar-refractivity contribution in [1.29, 1.82) is 0 Å². The Morgan fingerprint density at radius 1 is 0.886 bits per heavy atom. The zero-order valence-corrected chi connectivity index (χ0v) is 19.8. The van der Waals surface area contributed by atoms with E-state index in [2.05, 4.69) is 11.9 Å². The van der Waals surface area contributed by atoms with Gasteiger partial charge >= 0.3 is 0 Å². The first-order valence-electron chi connectivity index (χ1n) is 11.8. The average Bonchev–Trinajstić information content (AvgIpc) is 2.91. The summed E-state index contributed by atoms with van der Waals surface area (Å²) in [6, 6.07) is 23.3. The number of likely N-dealkylation sites (N-methyl/N-ethyl adjacent to an activating group) is 1. The normalized spacial score (nSPS) is 11.1. The summed E-state index contributed by atoms with van der Waals surface area (Å²) >= 11 is 0. The molecule has 0 radical (unpaired) electrons. The Hall–Kier alpha value is -4.32. The van der Waals surface area contributed by atoms with Gasteiger partial charge in [0.2, 0.25) is 5.91 Å². The number of amides is 1. The molecule has 2 heterocycles. The lowest BCUT2D eigenvalue weighted by molar-refractivity contribution is -0.119. The van der Waals surface area contributed by atoms with Crippen molar-refractivity contribution < 1.29 is 4.79 Å². The van der Waals surface area contributed by atoms with Crippen molar-refractivity contribution in [2.75, 3.05) is 11.4 Å². The minimum atomic E-state index is -0.281. The highest BCUT2D eigenvalue weighted by Gasteiger charge is 2.19. The lowest BCUT2D eigenvalue weighted by Crippen LogP contribution is -2.37. The third-order valence-electron chi connectivity index (χ3n) is 6.36. The number of aryl methyl sites for hydroxylation is 1. The molecular weight excluding hydrogens is 436 g/mol. The molecule has 5 aromatic rings. The summed E-state index contributed by atoms with van der Waals surface area (Å²) in [4.78, 5) is 32.6. The van der Waals surface area contributed by atoms with Crippen molar-refractivity contribution in [2.24, 2.45) is 0 Å². The van der Waals surface area contributed by atoms with Crippen LogP contribution in [0.1, 0.15) is 19.4 Å². The number of hydrogen-bond donors (Lipinski definition) is 0. The number of carbonyl (C=O) groups is 1. The minimum absolute atomic E-state index is 0.146. The maximum atomic E-state index is 13.4. The number of pyridine rings is 1. The summed E-state index contributed by atoms with van der Waals surface area (Å²) < 4.78 is 1.29. The van der Waals surface area contributed by atoms with Gasteiger partial charge in [-0.2, -0.15) is 5.10 Å². The quantitative estimate of drug-likeness (QED) is 0.347. The standard InChI is InChI=1S/C29H26N4O2/c1-3-20-12-14-22(15-13-20)32(4-2)27(34)19-33-29(35)26-10-6-5-9-25(26)28(31-33)24-11-7-8-21-18-30-17-16-23(21)24/h5-18H,3-4,19H2,1-2H3. The molecule has 1 amide bonds. The zero-order chi connectivity index (χ0) is 24.4. The molecule has 2 aromatic heterocycles. The second kappa shape index (κ2) is 9.50. The highest BCUT2D eigenvalue weighted by molar-refractivity contribution is 6.03. The first-order chi connectivity index (χ1) is 17.1. The van der Waals surface area contributed by atoms with Crippen LogP contribution >= 0.6 is 0 Å². The van der Waals surface area contributed by atoms with Crippen LogP contribution in [-0.4, -0.2) is 27.2 Å². The van der Waals surface area contributed by atoms with Crippen molar-refractivity contribution in [3.63, 3.8) is 0 Å². The molecule has 5 rings (SSSR count). The molecule has 3 aromatic carbocycles. The number of nitrogens with zero attached hydrogens (tertiary/aromatic N) is 4.